The van der Waals surface area contributed by atoms with Crippen LogP contribution in [0.4, 0.5) is 0 Å². The van der Waals surface area contributed by atoms with Gasteiger partial charge in [-0.1, -0.05) is 26.7 Å². The van der Waals surface area contributed by atoms with Crippen molar-refractivity contribution in [3.05, 3.63) is 23.7 Å². The molecule has 1 saturated carbocycles. The van der Waals surface area contributed by atoms with Gasteiger partial charge in [-0.3, -0.25) is 0 Å². The van der Waals surface area contributed by atoms with E-state index in [0.29, 0.717) is 11.8 Å². The summed E-state index contributed by atoms with van der Waals surface area (Å²) in [6, 6.07) is 2.24. The van der Waals surface area contributed by atoms with E-state index in [9.17, 15) is 0 Å². The summed E-state index contributed by atoms with van der Waals surface area (Å²) in [5.41, 5.74) is 7.48. The van der Waals surface area contributed by atoms with E-state index in [1.807, 2.05) is 6.26 Å². The van der Waals surface area contributed by atoms with Gasteiger partial charge in [-0.2, -0.15) is 0 Å². The van der Waals surface area contributed by atoms with Crippen molar-refractivity contribution in [3.8, 4) is 0 Å². The highest BCUT2D eigenvalue weighted by Crippen LogP contribution is 2.35. The van der Waals surface area contributed by atoms with Crippen molar-refractivity contribution in [3.63, 3.8) is 0 Å². The predicted octanol–water partition coefficient (Wildman–Crippen LogP) is 3.59. The van der Waals surface area contributed by atoms with Crippen LogP contribution < -0.4 is 5.73 Å². The monoisotopic (exact) mass is 207 g/mol. The van der Waals surface area contributed by atoms with Gasteiger partial charge in [0.15, 0.2) is 0 Å². The Labute approximate surface area is 91.8 Å². The minimum atomic E-state index is 0.111. The Hall–Kier alpha value is -0.760. The molecule has 1 atom stereocenters. The molecule has 0 unspecified atom stereocenters. The minimum absolute atomic E-state index is 0.111. The van der Waals surface area contributed by atoms with Gasteiger partial charge in [0.25, 0.3) is 0 Å². The lowest BCUT2D eigenvalue weighted by Crippen LogP contribution is -2.18. The SMILES string of the molecule is CC(C)c1coc([C@H](N)C2CCCC2)c1. The van der Waals surface area contributed by atoms with Crippen LogP contribution in [0.25, 0.3) is 0 Å². The predicted molar refractivity (Wildman–Crippen MR) is 61.7 cm³/mol. The Kier molecular flexibility index (Phi) is 3.15. The highest BCUT2D eigenvalue weighted by Gasteiger charge is 2.25. The van der Waals surface area contributed by atoms with E-state index in [2.05, 4.69) is 19.9 Å². The maximum Gasteiger partial charge on any atom is 0.121 e. The molecule has 1 heterocycles. The van der Waals surface area contributed by atoms with Crippen LogP contribution in [0.2, 0.25) is 0 Å². The molecule has 0 saturated heterocycles. The summed E-state index contributed by atoms with van der Waals surface area (Å²) in [6.45, 7) is 4.35. The van der Waals surface area contributed by atoms with E-state index in [4.69, 9.17) is 10.2 Å². The maximum atomic E-state index is 6.22. The normalized spacial score (nSPS) is 20.0. The zero-order valence-corrected chi connectivity index (χ0v) is 9.70. The number of furan rings is 1. The third kappa shape index (κ3) is 2.25. The minimum Gasteiger partial charge on any atom is -0.467 e. The molecule has 1 aromatic rings. The fourth-order valence-corrected chi connectivity index (χ4v) is 2.39. The molecule has 0 aliphatic heterocycles. The van der Waals surface area contributed by atoms with Gasteiger partial charge < -0.3 is 10.2 Å². The van der Waals surface area contributed by atoms with E-state index >= 15 is 0 Å². The third-order valence-electron chi connectivity index (χ3n) is 3.54. The van der Waals surface area contributed by atoms with Crippen LogP contribution in [-0.4, -0.2) is 0 Å². The summed E-state index contributed by atoms with van der Waals surface area (Å²) < 4.78 is 5.58. The summed E-state index contributed by atoms with van der Waals surface area (Å²) >= 11 is 0. The van der Waals surface area contributed by atoms with Crippen molar-refractivity contribution in [2.24, 2.45) is 11.7 Å². The lowest BCUT2D eigenvalue weighted by atomic mass is 9.96. The molecule has 2 heteroatoms. The zero-order valence-electron chi connectivity index (χ0n) is 9.70. The zero-order chi connectivity index (χ0) is 10.8. The standard InChI is InChI=1S/C13H21NO/c1-9(2)11-7-12(15-8-11)13(14)10-5-3-4-6-10/h7-10,13H,3-6,14H2,1-2H3/t13-/m1/s1. The molecular formula is C13H21NO. The van der Waals surface area contributed by atoms with Crippen LogP contribution in [0.15, 0.2) is 16.7 Å². The molecule has 1 fully saturated rings. The van der Waals surface area contributed by atoms with Gasteiger partial charge in [0.2, 0.25) is 0 Å². The molecule has 2 nitrogen and oxygen atoms in total. The molecule has 1 aromatic heterocycles. The molecule has 15 heavy (non-hydrogen) atoms. The van der Waals surface area contributed by atoms with E-state index in [1.54, 1.807) is 0 Å². The van der Waals surface area contributed by atoms with Crippen LogP contribution in [-0.2, 0) is 0 Å². The highest BCUT2D eigenvalue weighted by molar-refractivity contribution is 5.19. The molecule has 84 valence electrons. The van der Waals surface area contributed by atoms with Crippen LogP contribution in [0, 0.1) is 5.92 Å². The molecule has 0 radical (unpaired) electrons. The fourth-order valence-electron chi connectivity index (χ4n) is 2.39. The Morgan fingerprint density at radius 3 is 2.53 bits per heavy atom. The average Bonchev–Trinajstić information content (AvgIpc) is 2.88. The van der Waals surface area contributed by atoms with Crippen LogP contribution >= 0.6 is 0 Å². The second kappa shape index (κ2) is 4.40. The first-order valence-electron chi connectivity index (χ1n) is 6.02. The van der Waals surface area contributed by atoms with Crippen LogP contribution in [0.1, 0.15) is 62.8 Å². The molecule has 0 amide bonds. The molecule has 0 spiro atoms. The first kappa shape index (κ1) is 10.7. The Morgan fingerprint density at radius 2 is 2.00 bits per heavy atom. The largest absolute Gasteiger partial charge is 0.467 e. The Balaban J connectivity index is 2.07. The number of rotatable bonds is 3. The second-order valence-corrected chi connectivity index (χ2v) is 5.01. The molecule has 1 aliphatic rings. The van der Waals surface area contributed by atoms with E-state index in [0.717, 1.165) is 5.76 Å². The summed E-state index contributed by atoms with van der Waals surface area (Å²) in [7, 11) is 0. The Bertz CT molecular complexity index is 310. The van der Waals surface area contributed by atoms with Crippen molar-refractivity contribution in [2.45, 2.75) is 51.5 Å². The average molecular weight is 207 g/mol. The summed E-state index contributed by atoms with van der Waals surface area (Å²) in [4.78, 5) is 0. The quantitative estimate of drug-likeness (QED) is 0.822. The topological polar surface area (TPSA) is 39.2 Å². The number of hydrogen-bond acceptors (Lipinski definition) is 2. The fraction of sp³-hybridized carbons (Fsp3) is 0.692. The van der Waals surface area contributed by atoms with Crippen molar-refractivity contribution < 1.29 is 4.42 Å². The first-order valence-corrected chi connectivity index (χ1v) is 6.02. The van der Waals surface area contributed by atoms with Crippen LogP contribution in [0.5, 0.6) is 0 Å². The van der Waals surface area contributed by atoms with E-state index in [-0.39, 0.29) is 6.04 Å². The van der Waals surface area contributed by atoms with Crippen molar-refractivity contribution in [1.82, 2.24) is 0 Å². The molecule has 0 bridgehead atoms. The van der Waals surface area contributed by atoms with Gasteiger partial charge >= 0.3 is 0 Å². The molecule has 0 aromatic carbocycles. The van der Waals surface area contributed by atoms with E-state index in [1.165, 1.54) is 31.2 Å². The van der Waals surface area contributed by atoms with Crippen molar-refractivity contribution >= 4 is 0 Å². The highest BCUT2D eigenvalue weighted by atomic mass is 16.3. The van der Waals surface area contributed by atoms with E-state index < -0.39 is 0 Å². The van der Waals surface area contributed by atoms with Gasteiger partial charge in [-0.25, -0.2) is 0 Å². The molecule has 1 aliphatic carbocycles. The van der Waals surface area contributed by atoms with Gasteiger partial charge in [0, 0.05) is 0 Å². The van der Waals surface area contributed by atoms with Crippen molar-refractivity contribution in [1.29, 1.82) is 0 Å². The smallest absolute Gasteiger partial charge is 0.121 e. The third-order valence-corrected chi connectivity index (χ3v) is 3.54. The molecular weight excluding hydrogens is 186 g/mol. The lowest BCUT2D eigenvalue weighted by Gasteiger charge is -2.15. The van der Waals surface area contributed by atoms with Gasteiger partial charge in [0.05, 0.1) is 12.3 Å². The Morgan fingerprint density at radius 1 is 1.33 bits per heavy atom. The number of nitrogens with two attached hydrogens (primary N) is 1. The molecule has 2 N–H and O–H groups in total. The summed E-state index contributed by atoms with van der Waals surface area (Å²) in [5.74, 6) is 2.14. The summed E-state index contributed by atoms with van der Waals surface area (Å²) in [5, 5.41) is 0. The van der Waals surface area contributed by atoms with Gasteiger partial charge in [-0.15, -0.1) is 0 Å². The summed E-state index contributed by atoms with van der Waals surface area (Å²) in [6.07, 6.45) is 7.04. The second-order valence-electron chi connectivity index (χ2n) is 5.01. The van der Waals surface area contributed by atoms with Crippen molar-refractivity contribution in [2.75, 3.05) is 0 Å². The first-order chi connectivity index (χ1) is 7.18. The van der Waals surface area contributed by atoms with Crippen LogP contribution in [0.3, 0.4) is 0 Å². The molecule has 2 rings (SSSR count). The number of hydrogen-bond donors (Lipinski definition) is 1. The maximum absolute atomic E-state index is 6.22. The van der Waals surface area contributed by atoms with Gasteiger partial charge in [-0.05, 0) is 36.3 Å². The van der Waals surface area contributed by atoms with Gasteiger partial charge in [0.1, 0.15) is 5.76 Å². The lowest BCUT2D eigenvalue weighted by molar-refractivity contribution is 0.369.